The van der Waals surface area contributed by atoms with Gasteiger partial charge in [-0.1, -0.05) is 30.2 Å². The molecule has 5 heteroatoms. The Morgan fingerprint density at radius 2 is 1.88 bits per heavy atom. The summed E-state index contributed by atoms with van der Waals surface area (Å²) in [6, 6.07) is 11.5. The Balaban J connectivity index is 1.69. The van der Waals surface area contributed by atoms with Crippen molar-refractivity contribution in [1.29, 1.82) is 0 Å². The quantitative estimate of drug-likeness (QED) is 0.806. The molecule has 1 fully saturated rings. The molecule has 1 N–H and O–H groups in total. The zero-order valence-corrected chi connectivity index (χ0v) is 16.3. The molecule has 1 saturated heterocycles. The smallest absolute Gasteiger partial charge is 0.230 e. The lowest BCUT2D eigenvalue weighted by Gasteiger charge is -2.34. The van der Waals surface area contributed by atoms with E-state index in [1.807, 2.05) is 50.2 Å². The van der Waals surface area contributed by atoms with Gasteiger partial charge >= 0.3 is 0 Å². The van der Waals surface area contributed by atoms with E-state index in [2.05, 4.69) is 10.2 Å². The maximum atomic E-state index is 12.9. The van der Waals surface area contributed by atoms with Crippen LogP contribution in [-0.2, 0) is 10.2 Å². The lowest BCUT2D eigenvalue weighted by Crippen LogP contribution is -2.45. The average Bonchev–Trinajstić information content (AvgIpc) is 3.17. The topological polar surface area (TPSA) is 45.5 Å². The van der Waals surface area contributed by atoms with Crippen LogP contribution < -0.4 is 5.32 Å². The van der Waals surface area contributed by atoms with Gasteiger partial charge in [0, 0.05) is 11.6 Å². The first kappa shape index (κ1) is 19.0. The standard InChI is InChI=1S/C21H27ClN2O2/c1-21(2,16-8-10-17(22)11-9-16)20(25)23-15-18(19-7-6-14-26-19)24-12-4-3-5-13-24/h6-11,14,18H,3-5,12-13,15H2,1-2H3,(H,23,25). The highest BCUT2D eigenvalue weighted by molar-refractivity contribution is 6.30. The first-order chi connectivity index (χ1) is 12.5. The Labute approximate surface area is 160 Å². The summed E-state index contributed by atoms with van der Waals surface area (Å²) in [4.78, 5) is 15.3. The summed E-state index contributed by atoms with van der Waals surface area (Å²) in [5.74, 6) is 0.921. The third-order valence-corrected chi connectivity index (χ3v) is 5.54. The van der Waals surface area contributed by atoms with Crippen molar-refractivity contribution < 1.29 is 9.21 Å². The molecule has 4 nitrogen and oxygen atoms in total. The number of hydrogen-bond acceptors (Lipinski definition) is 3. The molecule has 140 valence electrons. The maximum absolute atomic E-state index is 12.9. The van der Waals surface area contributed by atoms with Crippen LogP contribution in [0, 0.1) is 0 Å². The van der Waals surface area contributed by atoms with Crippen molar-refractivity contribution in [2.75, 3.05) is 19.6 Å². The number of benzene rings is 1. The van der Waals surface area contributed by atoms with Gasteiger partial charge < -0.3 is 9.73 Å². The summed E-state index contributed by atoms with van der Waals surface area (Å²) in [7, 11) is 0. The van der Waals surface area contributed by atoms with Crippen molar-refractivity contribution in [3.05, 3.63) is 59.0 Å². The number of amides is 1. The molecule has 1 atom stereocenters. The summed E-state index contributed by atoms with van der Waals surface area (Å²) in [6.07, 6.45) is 5.37. The van der Waals surface area contributed by atoms with Crippen molar-refractivity contribution in [3.63, 3.8) is 0 Å². The fraction of sp³-hybridized carbons (Fsp3) is 0.476. The van der Waals surface area contributed by atoms with Gasteiger partial charge in [-0.15, -0.1) is 0 Å². The summed E-state index contributed by atoms with van der Waals surface area (Å²) in [5, 5.41) is 3.82. The van der Waals surface area contributed by atoms with Gasteiger partial charge in [0.05, 0.1) is 17.7 Å². The van der Waals surface area contributed by atoms with Crippen molar-refractivity contribution in [1.82, 2.24) is 10.2 Å². The van der Waals surface area contributed by atoms with E-state index in [1.165, 1.54) is 19.3 Å². The molecule has 0 bridgehead atoms. The number of furan rings is 1. The van der Waals surface area contributed by atoms with Crippen LogP contribution in [-0.4, -0.2) is 30.4 Å². The van der Waals surface area contributed by atoms with Gasteiger partial charge in [-0.2, -0.15) is 0 Å². The first-order valence-electron chi connectivity index (χ1n) is 9.30. The highest BCUT2D eigenvalue weighted by atomic mass is 35.5. The molecule has 0 aliphatic carbocycles. The Bertz CT molecular complexity index is 704. The van der Waals surface area contributed by atoms with E-state index < -0.39 is 5.41 Å². The summed E-state index contributed by atoms with van der Waals surface area (Å²) in [5.41, 5.74) is 0.326. The number of carbonyl (C=O) groups is 1. The Morgan fingerprint density at radius 1 is 1.19 bits per heavy atom. The minimum absolute atomic E-state index is 0.00777. The predicted molar refractivity (Wildman–Crippen MR) is 104 cm³/mol. The molecule has 0 saturated carbocycles. The molecule has 1 aliphatic heterocycles. The lowest BCUT2D eigenvalue weighted by molar-refractivity contribution is -0.126. The van der Waals surface area contributed by atoms with Gasteiger partial charge in [0.25, 0.3) is 0 Å². The number of likely N-dealkylation sites (tertiary alicyclic amines) is 1. The Morgan fingerprint density at radius 3 is 2.50 bits per heavy atom. The second-order valence-electron chi connectivity index (χ2n) is 7.47. The molecular weight excluding hydrogens is 348 g/mol. The summed E-state index contributed by atoms with van der Waals surface area (Å²) < 4.78 is 5.66. The SMILES string of the molecule is CC(C)(C(=O)NCC(c1ccco1)N1CCCCC1)c1ccc(Cl)cc1. The van der Waals surface area contributed by atoms with E-state index in [1.54, 1.807) is 6.26 Å². The normalized spacial score (nSPS) is 17.0. The molecule has 1 unspecified atom stereocenters. The van der Waals surface area contributed by atoms with Crippen LogP contribution in [0.15, 0.2) is 47.1 Å². The molecular formula is C21H27ClN2O2. The van der Waals surface area contributed by atoms with E-state index in [4.69, 9.17) is 16.0 Å². The first-order valence-corrected chi connectivity index (χ1v) is 9.68. The van der Waals surface area contributed by atoms with Gasteiger partial charge in [-0.25, -0.2) is 0 Å². The maximum Gasteiger partial charge on any atom is 0.230 e. The van der Waals surface area contributed by atoms with Crippen LogP contribution in [0.2, 0.25) is 5.02 Å². The average molecular weight is 375 g/mol. The zero-order chi connectivity index (χ0) is 18.6. The van der Waals surface area contributed by atoms with E-state index >= 15 is 0 Å². The number of halogens is 1. The molecule has 1 aromatic heterocycles. The lowest BCUT2D eigenvalue weighted by atomic mass is 9.83. The van der Waals surface area contributed by atoms with Gasteiger partial charge in [0.1, 0.15) is 5.76 Å². The van der Waals surface area contributed by atoms with Crippen LogP contribution in [0.1, 0.15) is 50.5 Å². The molecule has 1 aliphatic rings. The monoisotopic (exact) mass is 374 g/mol. The van der Waals surface area contributed by atoms with E-state index in [9.17, 15) is 4.79 Å². The predicted octanol–water partition coefficient (Wildman–Crippen LogP) is 4.55. The Kier molecular flexibility index (Phi) is 6.05. The second kappa shape index (κ2) is 8.28. The van der Waals surface area contributed by atoms with Crippen molar-refractivity contribution >= 4 is 17.5 Å². The number of nitrogens with zero attached hydrogens (tertiary/aromatic N) is 1. The fourth-order valence-corrected chi connectivity index (χ4v) is 3.65. The van der Waals surface area contributed by atoms with Gasteiger partial charge in [0.15, 0.2) is 0 Å². The van der Waals surface area contributed by atoms with Crippen molar-refractivity contribution in [2.24, 2.45) is 0 Å². The molecule has 1 amide bonds. The third kappa shape index (κ3) is 4.30. The molecule has 0 spiro atoms. The van der Waals surface area contributed by atoms with Crippen LogP contribution >= 0.6 is 11.6 Å². The largest absolute Gasteiger partial charge is 0.468 e. The summed E-state index contributed by atoms with van der Waals surface area (Å²) in [6.45, 7) is 6.51. The van der Waals surface area contributed by atoms with Crippen LogP contribution in [0.25, 0.3) is 0 Å². The highest BCUT2D eigenvalue weighted by Gasteiger charge is 2.31. The zero-order valence-electron chi connectivity index (χ0n) is 15.5. The number of rotatable bonds is 6. The van der Waals surface area contributed by atoms with Gasteiger partial charge in [-0.3, -0.25) is 9.69 Å². The van der Waals surface area contributed by atoms with Crippen LogP contribution in [0.4, 0.5) is 0 Å². The Hall–Kier alpha value is -1.78. The van der Waals surface area contributed by atoms with Gasteiger partial charge in [0.2, 0.25) is 5.91 Å². The highest BCUT2D eigenvalue weighted by Crippen LogP contribution is 2.27. The second-order valence-corrected chi connectivity index (χ2v) is 7.91. The van der Waals surface area contributed by atoms with E-state index in [-0.39, 0.29) is 11.9 Å². The number of hydrogen-bond donors (Lipinski definition) is 1. The molecule has 2 heterocycles. The molecule has 1 aromatic carbocycles. The summed E-state index contributed by atoms with van der Waals surface area (Å²) >= 11 is 5.97. The molecule has 26 heavy (non-hydrogen) atoms. The molecule has 2 aromatic rings. The van der Waals surface area contributed by atoms with Crippen molar-refractivity contribution in [2.45, 2.75) is 44.6 Å². The van der Waals surface area contributed by atoms with E-state index in [0.717, 1.165) is 24.4 Å². The van der Waals surface area contributed by atoms with Crippen molar-refractivity contribution in [3.8, 4) is 0 Å². The number of piperidine rings is 1. The third-order valence-electron chi connectivity index (χ3n) is 5.29. The van der Waals surface area contributed by atoms with Crippen LogP contribution in [0.3, 0.4) is 0 Å². The van der Waals surface area contributed by atoms with E-state index in [0.29, 0.717) is 11.6 Å². The number of carbonyl (C=O) groups excluding carboxylic acids is 1. The minimum Gasteiger partial charge on any atom is -0.468 e. The molecule has 0 radical (unpaired) electrons. The molecule has 3 rings (SSSR count). The fourth-order valence-electron chi connectivity index (χ4n) is 3.53. The minimum atomic E-state index is -0.625. The van der Waals surface area contributed by atoms with Gasteiger partial charge in [-0.05, 0) is 69.6 Å². The number of nitrogens with one attached hydrogen (secondary N) is 1. The van der Waals surface area contributed by atoms with Crippen LogP contribution in [0.5, 0.6) is 0 Å².